The molecule has 178 valence electrons. The van der Waals surface area contributed by atoms with Gasteiger partial charge in [0.05, 0.1) is 19.8 Å². The molecule has 0 aliphatic carbocycles. The maximum atomic E-state index is 14.5. The zero-order chi connectivity index (χ0) is 23.2. The standard InChI is InChI=1S/C24H30F2N4O3/c1-2-16-12-28-24(29-13-16)30-7-5-17(6-8-30)4-3-9-32-18-10-20(25)22(21(26)11-18)23-27-14-19(15-31)33-23/h10-13,17,19,31H,2-9,14-15H2,1H3. The number of halogens is 2. The Morgan fingerprint density at radius 1 is 1.15 bits per heavy atom. The molecule has 0 radical (unpaired) electrons. The quantitative estimate of drug-likeness (QED) is 0.577. The topological polar surface area (TPSA) is 80.1 Å². The minimum Gasteiger partial charge on any atom is -0.493 e. The molecule has 1 fully saturated rings. The molecule has 2 aliphatic rings. The van der Waals surface area contributed by atoms with Gasteiger partial charge in [0.1, 0.15) is 29.1 Å². The van der Waals surface area contributed by atoms with Crippen molar-refractivity contribution in [3.8, 4) is 5.75 Å². The van der Waals surface area contributed by atoms with Crippen LogP contribution in [-0.2, 0) is 11.2 Å². The van der Waals surface area contributed by atoms with E-state index in [2.05, 4.69) is 26.8 Å². The molecule has 4 rings (SSSR count). The summed E-state index contributed by atoms with van der Waals surface area (Å²) >= 11 is 0. The third kappa shape index (κ3) is 5.76. The molecule has 2 aromatic rings. The van der Waals surface area contributed by atoms with E-state index < -0.39 is 17.7 Å². The number of piperidine rings is 1. The first-order chi connectivity index (χ1) is 16.1. The summed E-state index contributed by atoms with van der Waals surface area (Å²) in [4.78, 5) is 15.1. The lowest BCUT2D eigenvalue weighted by Crippen LogP contribution is -2.35. The molecule has 0 amide bonds. The van der Waals surface area contributed by atoms with Crippen LogP contribution in [0.1, 0.15) is 43.7 Å². The average molecular weight is 461 g/mol. The summed E-state index contributed by atoms with van der Waals surface area (Å²) in [7, 11) is 0. The van der Waals surface area contributed by atoms with Crippen molar-refractivity contribution in [1.29, 1.82) is 0 Å². The van der Waals surface area contributed by atoms with E-state index in [1.807, 2.05) is 12.4 Å². The molecule has 3 heterocycles. The van der Waals surface area contributed by atoms with E-state index in [0.717, 1.165) is 68.8 Å². The highest BCUT2D eigenvalue weighted by molar-refractivity contribution is 5.95. The Labute approximate surface area is 192 Å². The van der Waals surface area contributed by atoms with Crippen molar-refractivity contribution >= 4 is 11.8 Å². The molecule has 1 saturated heterocycles. The van der Waals surface area contributed by atoms with Crippen LogP contribution < -0.4 is 9.64 Å². The van der Waals surface area contributed by atoms with Gasteiger partial charge < -0.3 is 19.5 Å². The van der Waals surface area contributed by atoms with Crippen LogP contribution in [0.3, 0.4) is 0 Å². The van der Waals surface area contributed by atoms with Gasteiger partial charge in [-0.2, -0.15) is 0 Å². The fourth-order valence-corrected chi connectivity index (χ4v) is 4.17. The number of aliphatic imine (C=N–C) groups is 1. The Morgan fingerprint density at radius 3 is 2.45 bits per heavy atom. The van der Waals surface area contributed by atoms with Crippen molar-refractivity contribution in [3.63, 3.8) is 0 Å². The maximum Gasteiger partial charge on any atom is 0.225 e. The lowest BCUT2D eigenvalue weighted by atomic mass is 9.92. The van der Waals surface area contributed by atoms with Gasteiger partial charge in [0.15, 0.2) is 0 Å². The predicted octanol–water partition coefficient (Wildman–Crippen LogP) is 3.53. The Kier molecular flexibility index (Phi) is 7.69. The zero-order valence-electron chi connectivity index (χ0n) is 18.8. The summed E-state index contributed by atoms with van der Waals surface area (Å²) in [6.07, 6.45) is 8.10. The molecule has 33 heavy (non-hydrogen) atoms. The zero-order valence-corrected chi connectivity index (χ0v) is 18.8. The minimum absolute atomic E-state index is 0.117. The van der Waals surface area contributed by atoms with Gasteiger partial charge in [0, 0.05) is 37.6 Å². The number of hydrogen-bond donors (Lipinski definition) is 1. The predicted molar refractivity (Wildman–Crippen MR) is 121 cm³/mol. The van der Waals surface area contributed by atoms with Crippen molar-refractivity contribution in [2.45, 2.75) is 45.1 Å². The van der Waals surface area contributed by atoms with Crippen LogP contribution in [0.15, 0.2) is 29.5 Å². The molecule has 0 spiro atoms. The van der Waals surface area contributed by atoms with E-state index >= 15 is 0 Å². The van der Waals surface area contributed by atoms with E-state index in [-0.39, 0.29) is 30.4 Å². The van der Waals surface area contributed by atoms with Crippen LogP contribution in [0.25, 0.3) is 0 Å². The SMILES string of the molecule is CCc1cnc(N2CCC(CCCOc3cc(F)c(C4=NCC(CO)O4)c(F)c3)CC2)nc1. The molecule has 1 aromatic heterocycles. The van der Waals surface area contributed by atoms with Gasteiger partial charge in [-0.1, -0.05) is 6.92 Å². The molecule has 1 atom stereocenters. The van der Waals surface area contributed by atoms with Crippen LogP contribution in [-0.4, -0.2) is 59.9 Å². The van der Waals surface area contributed by atoms with Crippen LogP contribution in [0, 0.1) is 17.6 Å². The summed E-state index contributed by atoms with van der Waals surface area (Å²) in [5, 5.41) is 9.10. The second kappa shape index (κ2) is 10.9. The molecule has 0 bridgehead atoms. The number of benzene rings is 1. The van der Waals surface area contributed by atoms with Gasteiger partial charge in [0.2, 0.25) is 11.8 Å². The summed E-state index contributed by atoms with van der Waals surface area (Å²) in [5.74, 6) is -0.162. The van der Waals surface area contributed by atoms with E-state index in [1.54, 1.807) is 0 Å². The summed E-state index contributed by atoms with van der Waals surface area (Å²) in [6, 6.07) is 2.30. The van der Waals surface area contributed by atoms with E-state index in [9.17, 15) is 8.78 Å². The lowest BCUT2D eigenvalue weighted by Gasteiger charge is -2.32. The summed E-state index contributed by atoms with van der Waals surface area (Å²) in [6.45, 7) is 4.26. The van der Waals surface area contributed by atoms with Crippen LogP contribution in [0.5, 0.6) is 5.75 Å². The molecule has 1 N–H and O–H groups in total. The highest BCUT2D eigenvalue weighted by Gasteiger charge is 2.26. The van der Waals surface area contributed by atoms with Gasteiger partial charge >= 0.3 is 0 Å². The van der Waals surface area contributed by atoms with Crippen molar-refractivity contribution in [2.75, 3.05) is 37.7 Å². The highest BCUT2D eigenvalue weighted by atomic mass is 19.1. The second-order valence-electron chi connectivity index (χ2n) is 8.50. The molecule has 1 unspecified atom stereocenters. The van der Waals surface area contributed by atoms with Crippen molar-refractivity contribution in [3.05, 3.63) is 47.3 Å². The van der Waals surface area contributed by atoms with E-state index in [4.69, 9.17) is 14.6 Å². The number of nitrogens with zero attached hydrogens (tertiary/aromatic N) is 4. The smallest absolute Gasteiger partial charge is 0.225 e. The third-order valence-electron chi connectivity index (χ3n) is 6.17. The molecule has 2 aliphatic heterocycles. The second-order valence-corrected chi connectivity index (χ2v) is 8.50. The monoisotopic (exact) mass is 460 g/mol. The fourth-order valence-electron chi connectivity index (χ4n) is 4.17. The van der Waals surface area contributed by atoms with Gasteiger partial charge in [-0.05, 0) is 43.6 Å². The van der Waals surface area contributed by atoms with Gasteiger partial charge in [0.25, 0.3) is 0 Å². The van der Waals surface area contributed by atoms with Crippen molar-refractivity contribution in [2.24, 2.45) is 10.9 Å². The van der Waals surface area contributed by atoms with Gasteiger partial charge in [-0.3, -0.25) is 0 Å². The molecular formula is C24H30F2N4O3. The molecule has 9 heteroatoms. The minimum atomic E-state index is -0.788. The molecule has 0 saturated carbocycles. The Morgan fingerprint density at radius 2 is 1.85 bits per heavy atom. The van der Waals surface area contributed by atoms with E-state index in [0.29, 0.717) is 12.5 Å². The first-order valence-electron chi connectivity index (χ1n) is 11.6. The summed E-state index contributed by atoms with van der Waals surface area (Å²) in [5.41, 5.74) is 0.817. The normalized spacial score (nSPS) is 18.8. The van der Waals surface area contributed by atoms with Crippen LogP contribution in [0.4, 0.5) is 14.7 Å². The first kappa shape index (κ1) is 23.4. The third-order valence-corrected chi connectivity index (χ3v) is 6.17. The van der Waals surface area contributed by atoms with Crippen molar-refractivity contribution < 1.29 is 23.4 Å². The van der Waals surface area contributed by atoms with Crippen LogP contribution >= 0.6 is 0 Å². The average Bonchev–Trinajstić information content (AvgIpc) is 3.31. The number of hydrogen-bond acceptors (Lipinski definition) is 7. The van der Waals surface area contributed by atoms with Gasteiger partial charge in [-0.25, -0.2) is 23.7 Å². The first-order valence-corrected chi connectivity index (χ1v) is 11.6. The fraction of sp³-hybridized carbons (Fsp3) is 0.542. The van der Waals surface area contributed by atoms with Crippen molar-refractivity contribution in [1.82, 2.24) is 9.97 Å². The largest absolute Gasteiger partial charge is 0.493 e. The van der Waals surface area contributed by atoms with E-state index in [1.165, 1.54) is 0 Å². The van der Waals surface area contributed by atoms with Gasteiger partial charge in [-0.15, -0.1) is 0 Å². The maximum absolute atomic E-state index is 14.5. The molecule has 7 nitrogen and oxygen atoms in total. The lowest BCUT2D eigenvalue weighted by molar-refractivity contribution is 0.129. The number of rotatable bonds is 9. The number of aryl methyl sites for hydroxylation is 1. The number of ether oxygens (including phenoxy) is 2. The number of aliphatic hydroxyl groups is 1. The Bertz CT molecular complexity index is 940. The Hall–Kier alpha value is -2.81. The summed E-state index contributed by atoms with van der Waals surface area (Å²) < 4.78 is 39.8. The number of aromatic nitrogens is 2. The molecular weight excluding hydrogens is 430 g/mol. The van der Waals surface area contributed by atoms with Crippen LogP contribution in [0.2, 0.25) is 0 Å². The molecule has 1 aromatic carbocycles. The number of aliphatic hydroxyl groups excluding tert-OH is 1. The highest BCUT2D eigenvalue weighted by Crippen LogP contribution is 2.26. The Balaban J connectivity index is 1.20. The number of anilines is 1.